The van der Waals surface area contributed by atoms with E-state index in [1.807, 2.05) is 31.2 Å². The molecular weight excluding hydrogens is 287 g/mol. The highest BCUT2D eigenvalue weighted by molar-refractivity contribution is 7.80. The number of hydrogen-bond acceptors (Lipinski definition) is 3. The van der Waals surface area contributed by atoms with Crippen LogP contribution in [0.5, 0.6) is 0 Å². The van der Waals surface area contributed by atoms with Crippen LogP contribution in [0.3, 0.4) is 0 Å². The maximum absolute atomic E-state index is 12.8. The minimum absolute atomic E-state index is 0.296. The maximum Gasteiger partial charge on any atom is 0.191 e. The second kappa shape index (κ2) is 6.81. The first-order chi connectivity index (χ1) is 10.0. The average molecular weight is 302 g/mol. The second-order valence-electron chi connectivity index (χ2n) is 4.40. The first-order valence-corrected chi connectivity index (χ1v) is 6.68. The number of nitrogens with one attached hydrogen (secondary N) is 2. The third kappa shape index (κ3) is 4.54. The zero-order valence-electron chi connectivity index (χ0n) is 11.4. The van der Waals surface area contributed by atoms with E-state index < -0.39 is 0 Å². The summed E-state index contributed by atoms with van der Waals surface area (Å²) in [5.74, 6) is -0.296. The number of anilines is 2. The SMILES string of the molecule is C/C(=N/NC(=S)Nc1ccc(F)cc1)c1cccc(N)c1. The summed E-state index contributed by atoms with van der Waals surface area (Å²) in [5.41, 5.74) is 11.5. The summed E-state index contributed by atoms with van der Waals surface area (Å²) in [6.07, 6.45) is 0. The smallest absolute Gasteiger partial charge is 0.191 e. The normalized spacial score (nSPS) is 11.0. The molecule has 0 amide bonds. The number of benzene rings is 2. The molecule has 108 valence electrons. The molecule has 0 fully saturated rings. The van der Waals surface area contributed by atoms with E-state index in [0.717, 1.165) is 11.3 Å². The third-order valence-electron chi connectivity index (χ3n) is 2.73. The van der Waals surface area contributed by atoms with Crippen LogP contribution < -0.4 is 16.5 Å². The molecule has 2 aromatic rings. The van der Waals surface area contributed by atoms with Gasteiger partial charge in [-0.3, -0.25) is 5.43 Å². The first kappa shape index (κ1) is 14.9. The molecular formula is C15H15FN4S. The molecule has 0 aliphatic carbocycles. The summed E-state index contributed by atoms with van der Waals surface area (Å²) in [6, 6.07) is 13.3. The number of nitrogen functional groups attached to an aromatic ring is 1. The minimum Gasteiger partial charge on any atom is -0.399 e. The van der Waals surface area contributed by atoms with Crippen molar-refractivity contribution in [2.75, 3.05) is 11.1 Å². The fraction of sp³-hybridized carbons (Fsp3) is 0.0667. The summed E-state index contributed by atoms with van der Waals surface area (Å²) in [7, 11) is 0. The number of hydrazone groups is 1. The molecule has 0 saturated heterocycles. The van der Waals surface area contributed by atoms with Crippen LogP contribution in [-0.4, -0.2) is 10.8 Å². The van der Waals surface area contributed by atoms with Gasteiger partial charge in [-0.1, -0.05) is 12.1 Å². The molecule has 0 bridgehead atoms. The summed E-state index contributed by atoms with van der Waals surface area (Å²) < 4.78 is 12.8. The van der Waals surface area contributed by atoms with Crippen LogP contribution in [0.25, 0.3) is 0 Å². The van der Waals surface area contributed by atoms with Crippen LogP contribution in [0.4, 0.5) is 15.8 Å². The molecule has 6 heteroatoms. The van der Waals surface area contributed by atoms with Crippen molar-refractivity contribution in [2.45, 2.75) is 6.92 Å². The summed E-state index contributed by atoms with van der Waals surface area (Å²) >= 11 is 5.12. The van der Waals surface area contributed by atoms with Crippen LogP contribution in [0.2, 0.25) is 0 Å². The molecule has 0 aromatic heterocycles. The van der Waals surface area contributed by atoms with Gasteiger partial charge in [0.15, 0.2) is 5.11 Å². The Bertz CT molecular complexity index is 668. The predicted molar refractivity (Wildman–Crippen MR) is 88.8 cm³/mol. The fourth-order valence-corrected chi connectivity index (χ4v) is 1.82. The number of halogens is 1. The first-order valence-electron chi connectivity index (χ1n) is 6.27. The van der Waals surface area contributed by atoms with E-state index in [4.69, 9.17) is 18.0 Å². The highest BCUT2D eigenvalue weighted by atomic mass is 32.1. The van der Waals surface area contributed by atoms with Crippen LogP contribution in [0, 0.1) is 5.82 Å². The monoisotopic (exact) mass is 302 g/mol. The molecule has 0 unspecified atom stereocenters. The highest BCUT2D eigenvalue weighted by Gasteiger charge is 2.00. The van der Waals surface area contributed by atoms with Gasteiger partial charge in [0.2, 0.25) is 0 Å². The van der Waals surface area contributed by atoms with Gasteiger partial charge >= 0.3 is 0 Å². The van der Waals surface area contributed by atoms with E-state index in [2.05, 4.69) is 15.8 Å². The van der Waals surface area contributed by atoms with E-state index in [1.165, 1.54) is 12.1 Å². The van der Waals surface area contributed by atoms with Gasteiger partial charge in [-0.25, -0.2) is 4.39 Å². The van der Waals surface area contributed by atoms with Crippen LogP contribution in [-0.2, 0) is 0 Å². The third-order valence-corrected chi connectivity index (χ3v) is 2.92. The molecule has 21 heavy (non-hydrogen) atoms. The summed E-state index contributed by atoms with van der Waals surface area (Å²) in [5, 5.41) is 7.42. The van der Waals surface area contributed by atoms with Crippen molar-refractivity contribution in [2.24, 2.45) is 5.10 Å². The van der Waals surface area contributed by atoms with Gasteiger partial charge in [-0.05, 0) is 61.1 Å². The molecule has 4 N–H and O–H groups in total. The van der Waals surface area contributed by atoms with Crippen molar-refractivity contribution in [3.05, 3.63) is 59.9 Å². The molecule has 0 aliphatic rings. The van der Waals surface area contributed by atoms with Crippen LogP contribution >= 0.6 is 12.2 Å². The number of hydrogen-bond donors (Lipinski definition) is 3. The van der Waals surface area contributed by atoms with Gasteiger partial charge in [0.25, 0.3) is 0 Å². The summed E-state index contributed by atoms with van der Waals surface area (Å²) in [4.78, 5) is 0. The van der Waals surface area contributed by atoms with E-state index in [9.17, 15) is 4.39 Å². The molecule has 0 saturated carbocycles. The molecule has 0 aliphatic heterocycles. The van der Waals surface area contributed by atoms with Gasteiger partial charge in [-0.15, -0.1) is 0 Å². The van der Waals surface area contributed by atoms with Gasteiger partial charge in [-0.2, -0.15) is 5.10 Å². The van der Waals surface area contributed by atoms with Gasteiger partial charge < -0.3 is 11.1 Å². The van der Waals surface area contributed by atoms with Crippen molar-refractivity contribution in [1.82, 2.24) is 5.43 Å². The quantitative estimate of drug-likeness (QED) is 0.353. The van der Waals surface area contributed by atoms with Crippen molar-refractivity contribution in [1.29, 1.82) is 0 Å². The Morgan fingerprint density at radius 1 is 1.19 bits per heavy atom. The van der Waals surface area contributed by atoms with Gasteiger partial charge in [0, 0.05) is 11.4 Å². The molecule has 2 aromatic carbocycles. The van der Waals surface area contributed by atoms with Gasteiger partial charge in [0.1, 0.15) is 5.82 Å². The maximum atomic E-state index is 12.8. The van der Waals surface area contributed by atoms with E-state index in [0.29, 0.717) is 16.5 Å². The molecule has 0 heterocycles. The lowest BCUT2D eigenvalue weighted by molar-refractivity contribution is 0.628. The van der Waals surface area contributed by atoms with Gasteiger partial charge in [0.05, 0.1) is 5.71 Å². The van der Waals surface area contributed by atoms with Crippen molar-refractivity contribution >= 4 is 34.4 Å². The van der Waals surface area contributed by atoms with Crippen molar-refractivity contribution in [3.63, 3.8) is 0 Å². The summed E-state index contributed by atoms with van der Waals surface area (Å²) in [6.45, 7) is 1.85. The molecule has 0 radical (unpaired) electrons. The van der Waals surface area contributed by atoms with E-state index in [-0.39, 0.29) is 5.82 Å². The molecule has 0 spiro atoms. The zero-order chi connectivity index (χ0) is 15.2. The van der Waals surface area contributed by atoms with Crippen LogP contribution in [0.1, 0.15) is 12.5 Å². The van der Waals surface area contributed by atoms with Crippen molar-refractivity contribution in [3.8, 4) is 0 Å². The number of rotatable bonds is 3. The second-order valence-corrected chi connectivity index (χ2v) is 4.80. The lowest BCUT2D eigenvalue weighted by atomic mass is 10.1. The molecule has 4 nitrogen and oxygen atoms in total. The standard InChI is InChI=1S/C15H15FN4S/c1-10(11-3-2-4-13(17)9-11)19-20-15(21)18-14-7-5-12(16)6-8-14/h2-9H,17H2,1H3,(H2,18,20,21)/b19-10-. The Morgan fingerprint density at radius 3 is 2.57 bits per heavy atom. The number of nitrogens with zero attached hydrogens (tertiary/aromatic N) is 1. The Balaban J connectivity index is 1.96. The lowest BCUT2D eigenvalue weighted by Gasteiger charge is -2.08. The largest absolute Gasteiger partial charge is 0.399 e. The van der Waals surface area contributed by atoms with E-state index in [1.54, 1.807) is 12.1 Å². The Hall–Kier alpha value is -2.47. The number of thiocarbonyl (C=S) groups is 1. The number of nitrogens with two attached hydrogens (primary N) is 1. The fourth-order valence-electron chi connectivity index (χ4n) is 1.66. The van der Waals surface area contributed by atoms with E-state index >= 15 is 0 Å². The van der Waals surface area contributed by atoms with Crippen LogP contribution in [0.15, 0.2) is 53.6 Å². The van der Waals surface area contributed by atoms with Crippen molar-refractivity contribution < 1.29 is 4.39 Å². The lowest BCUT2D eigenvalue weighted by Crippen LogP contribution is -2.24. The predicted octanol–water partition coefficient (Wildman–Crippen LogP) is 3.12. The average Bonchev–Trinajstić information content (AvgIpc) is 2.47. The Kier molecular flexibility index (Phi) is 4.84. The molecule has 0 atom stereocenters. The topological polar surface area (TPSA) is 62.4 Å². The Labute approximate surface area is 127 Å². The Morgan fingerprint density at radius 2 is 1.90 bits per heavy atom. The highest BCUT2D eigenvalue weighted by Crippen LogP contribution is 2.09. The minimum atomic E-state index is -0.296. The zero-order valence-corrected chi connectivity index (χ0v) is 12.2. The molecule has 2 rings (SSSR count).